The molecule has 0 bridgehead atoms. The summed E-state index contributed by atoms with van der Waals surface area (Å²) in [6, 6.07) is 2.00. The van der Waals surface area contributed by atoms with Crippen molar-refractivity contribution in [3.05, 3.63) is 12.3 Å². The molecule has 4 heteroatoms. The van der Waals surface area contributed by atoms with Crippen molar-refractivity contribution in [2.45, 2.75) is 26.8 Å². The summed E-state index contributed by atoms with van der Waals surface area (Å²) in [5.41, 5.74) is 0. The molecule has 0 unspecified atom stereocenters. The molecular formula is C11H21N3O. The van der Waals surface area contributed by atoms with Gasteiger partial charge in [-0.2, -0.15) is 5.10 Å². The van der Waals surface area contributed by atoms with Crippen LogP contribution in [0.4, 0.5) is 5.82 Å². The lowest BCUT2D eigenvalue weighted by Crippen LogP contribution is -2.08. The van der Waals surface area contributed by atoms with E-state index in [2.05, 4.69) is 24.3 Å². The van der Waals surface area contributed by atoms with Gasteiger partial charge in [-0.25, -0.2) is 0 Å². The Hall–Kier alpha value is -1.03. The summed E-state index contributed by atoms with van der Waals surface area (Å²) in [5, 5.41) is 7.67. The number of methoxy groups -OCH3 is 1. The molecule has 1 N–H and O–H groups in total. The monoisotopic (exact) mass is 211 g/mol. The molecule has 0 aliphatic heterocycles. The topological polar surface area (TPSA) is 39.1 Å². The predicted molar refractivity (Wildman–Crippen MR) is 62.0 cm³/mol. The van der Waals surface area contributed by atoms with Gasteiger partial charge in [0.1, 0.15) is 5.82 Å². The maximum absolute atomic E-state index is 4.99. The van der Waals surface area contributed by atoms with Crippen LogP contribution in [0.15, 0.2) is 12.3 Å². The van der Waals surface area contributed by atoms with Crippen molar-refractivity contribution in [1.29, 1.82) is 0 Å². The first-order valence-electron chi connectivity index (χ1n) is 5.48. The summed E-state index contributed by atoms with van der Waals surface area (Å²) >= 11 is 0. The van der Waals surface area contributed by atoms with E-state index in [1.165, 1.54) is 6.42 Å². The molecule has 0 saturated heterocycles. The van der Waals surface area contributed by atoms with Crippen LogP contribution in [0, 0.1) is 5.92 Å². The maximum atomic E-state index is 4.99. The van der Waals surface area contributed by atoms with Gasteiger partial charge in [-0.1, -0.05) is 13.8 Å². The second-order valence-electron chi connectivity index (χ2n) is 4.07. The van der Waals surface area contributed by atoms with Gasteiger partial charge in [-0.3, -0.25) is 4.68 Å². The van der Waals surface area contributed by atoms with Crippen LogP contribution in [0.25, 0.3) is 0 Å². The molecule has 86 valence electrons. The third-order valence-electron chi connectivity index (χ3n) is 2.19. The van der Waals surface area contributed by atoms with E-state index in [0.717, 1.165) is 24.8 Å². The standard InChI is InChI=1S/C11H21N3O/c1-10(2)4-6-12-11-5-7-14(13-11)8-9-15-3/h5,7,10H,4,6,8-9H2,1-3H3,(H,12,13). The van der Waals surface area contributed by atoms with Crippen LogP contribution in [0.2, 0.25) is 0 Å². The molecule has 1 rings (SSSR count). The lowest BCUT2D eigenvalue weighted by atomic mass is 10.1. The molecule has 0 spiro atoms. The summed E-state index contributed by atoms with van der Waals surface area (Å²) in [4.78, 5) is 0. The highest BCUT2D eigenvalue weighted by atomic mass is 16.5. The molecule has 0 atom stereocenters. The second-order valence-corrected chi connectivity index (χ2v) is 4.07. The number of aromatic nitrogens is 2. The Kier molecular flexibility index (Phi) is 5.18. The normalized spacial score (nSPS) is 10.9. The van der Waals surface area contributed by atoms with Gasteiger partial charge >= 0.3 is 0 Å². The number of ether oxygens (including phenoxy) is 1. The number of hydrogen-bond donors (Lipinski definition) is 1. The van der Waals surface area contributed by atoms with E-state index >= 15 is 0 Å². The van der Waals surface area contributed by atoms with Gasteiger partial charge < -0.3 is 10.1 Å². The smallest absolute Gasteiger partial charge is 0.147 e. The van der Waals surface area contributed by atoms with Crippen molar-refractivity contribution in [2.24, 2.45) is 5.92 Å². The number of anilines is 1. The fraction of sp³-hybridized carbons (Fsp3) is 0.727. The van der Waals surface area contributed by atoms with Gasteiger partial charge in [0.05, 0.1) is 13.2 Å². The van der Waals surface area contributed by atoms with Crippen LogP contribution >= 0.6 is 0 Å². The first-order valence-corrected chi connectivity index (χ1v) is 5.48. The predicted octanol–water partition coefficient (Wildman–Crippen LogP) is 1.99. The minimum absolute atomic E-state index is 0.702. The van der Waals surface area contributed by atoms with E-state index in [4.69, 9.17) is 4.74 Å². The Morgan fingerprint density at radius 2 is 2.33 bits per heavy atom. The molecule has 0 aliphatic carbocycles. The van der Waals surface area contributed by atoms with Crippen LogP contribution in [-0.4, -0.2) is 30.0 Å². The van der Waals surface area contributed by atoms with Gasteiger partial charge in [0.2, 0.25) is 0 Å². The Balaban J connectivity index is 2.26. The first kappa shape index (κ1) is 12.0. The lowest BCUT2D eigenvalue weighted by molar-refractivity contribution is 0.183. The molecule has 15 heavy (non-hydrogen) atoms. The summed E-state index contributed by atoms with van der Waals surface area (Å²) in [5.74, 6) is 1.68. The van der Waals surface area contributed by atoms with Gasteiger partial charge in [-0.15, -0.1) is 0 Å². The lowest BCUT2D eigenvalue weighted by Gasteiger charge is -2.05. The van der Waals surface area contributed by atoms with E-state index < -0.39 is 0 Å². The molecular weight excluding hydrogens is 190 g/mol. The molecule has 0 radical (unpaired) electrons. The molecule has 1 aromatic heterocycles. The van der Waals surface area contributed by atoms with Gasteiger partial charge in [-0.05, 0) is 12.3 Å². The zero-order valence-electron chi connectivity index (χ0n) is 9.86. The molecule has 0 saturated carbocycles. The van der Waals surface area contributed by atoms with Crippen molar-refractivity contribution in [1.82, 2.24) is 9.78 Å². The number of rotatable bonds is 7. The van der Waals surface area contributed by atoms with E-state index in [0.29, 0.717) is 6.61 Å². The third kappa shape index (κ3) is 4.83. The number of nitrogens with one attached hydrogen (secondary N) is 1. The van der Waals surface area contributed by atoms with E-state index in [-0.39, 0.29) is 0 Å². The van der Waals surface area contributed by atoms with Crippen molar-refractivity contribution in [2.75, 3.05) is 25.6 Å². The van der Waals surface area contributed by atoms with Crippen molar-refractivity contribution in [3.63, 3.8) is 0 Å². The third-order valence-corrected chi connectivity index (χ3v) is 2.19. The highest BCUT2D eigenvalue weighted by Crippen LogP contribution is 2.04. The average molecular weight is 211 g/mol. The molecule has 0 amide bonds. The van der Waals surface area contributed by atoms with Crippen LogP contribution in [0.3, 0.4) is 0 Å². The van der Waals surface area contributed by atoms with Crippen LogP contribution in [-0.2, 0) is 11.3 Å². The Labute approximate surface area is 91.6 Å². The summed E-state index contributed by atoms with van der Waals surface area (Å²) in [6.45, 7) is 6.94. The molecule has 0 aromatic carbocycles. The SMILES string of the molecule is COCCn1ccc(NCCC(C)C)n1. The average Bonchev–Trinajstić information content (AvgIpc) is 2.62. The quantitative estimate of drug-likeness (QED) is 0.749. The van der Waals surface area contributed by atoms with Crippen LogP contribution < -0.4 is 5.32 Å². The Bertz CT molecular complexity index is 271. The largest absolute Gasteiger partial charge is 0.383 e. The zero-order chi connectivity index (χ0) is 11.1. The molecule has 1 aromatic rings. The van der Waals surface area contributed by atoms with Crippen molar-refractivity contribution >= 4 is 5.82 Å². The maximum Gasteiger partial charge on any atom is 0.147 e. The number of nitrogens with zero attached hydrogens (tertiary/aromatic N) is 2. The molecule has 1 heterocycles. The molecule has 0 aliphatic rings. The highest BCUT2D eigenvalue weighted by molar-refractivity contribution is 5.31. The summed E-state index contributed by atoms with van der Waals surface area (Å²) in [7, 11) is 1.70. The molecule has 4 nitrogen and oxygen atoms in total. The summed E-state index contributed by atoms with van der Waals surface area (Å²) in [6.07, 6.45) is 3.14. The Morgan fingerprint density at radius 1 is 1.53 bits per heavy atom. The minimum Gasteiger partial charge on any atom is -0.383 e. The second kappa shape index (κ2) is 6.45. The van der Waals surface area contributed by atoms with E-state index in [1.54, 1.807) is 7.11 Å². The first-order chi connectivity index (χ1) is 7.22. The van der Waals surface area contributed by atoms with Gasteiger partial charge in [0.25, 0.3) is 0 Å². The highest BCUT2D eigenvalue weighted by Gasteiger charge is 1.98. The fourth-order valence-electron chi connectivity index (χ4n) is 1.25. The van der Waals surface area contributed by atoms with Gasteiger partial charge in [0, 0.05) is 25.9 Å². The van der Waals surface area contributed by atoms with E-state index in [1.807, 2.05) is 16.9 Å². The van der Waals surface area contributed by atoms with Crippen LogP contribution in [0.5, 0.6) is 0 Å². The van der Waals surface area contributed by atoms with Crippen molar-refractivity contribution < 1.29 is 4.74 Å². The minimum atomic E-state index is 0.702. The fourth-order valence-corrected chi connectivity index (χ4v) is 1.25. The summed E-state index contributed by atoms with van der Waals surface area (Å²) < 4.78 is 6.88. The molecule has 0 fully saturated rings. The van der Waals surface area contributed by atoms with Crippen molar-refractivity contribution in [3.8, 4) is 0 Å². The number of hydrogen-bond acceptors (Lipinski definition) is 3. The Morgan fingerprint density at radius 3 is 3.00 bits per heavy atom. The van der Waals surface area contributed by atoms with Crippen LogP contribution in [0.1, 0.15) is 20.3 Å². The zero-order valence-corrected chi connectivity index (χ0v) is 9.86. The van der Waals surface area contributed by atoms with E-state index in [9.17, 15) is 0 Å². The van der Waals surface area contributed by atoms with Gasteiger partial charge in [0.15, 0.2) is 0 Å².